The molecule has 212 valence electrons. The summed E-state index contributed by atoms with van der Waals surface area (Å²) in [6.07, 6.45) is 7.38. The van der Waals surface area contributed by atoms with E-state index in [1.54, 1.807) is 27.4 Å². The number of carbonyl (C=O) groups excluding carboxylic acids is 1. The quantitative estimate of drug-likeness (QED) is 0.206. The highest BCUT2D eigenvalue weighted by Crippen LogP contribution is 2.38. The number of fused-ring (bicyclic) bond motifs is 2. The molecular formula is C33H35N3O5. The van der Waals surface area contributed by atoms with Crippen molar-refractivity contribution in [3.8, 4) is 23.0 Å². The van der Waals surface area contributed by atoms with Crippen LogP contribution < -0.4 is 29.6 Å². The van der Waals surface area contributed by atoms with Gasteiger partial charge >= 0.3 is 0 Å². The standard InChI is InChI=1S/C33H35N3O5/c1-5-41-29-15-10-21(18-30(29)39-3)11-17-32(37)34-22-12-14-27-25(19-22)33(24-8-6-7-9-26(24)36-27)35-23-13-16-28(38-2)31(20-23)40-4/h10-20H,5-9H2,1-4H3,(H,34,37)(H,35,36). The molecule has 2 N–H and O–H groups in total. The molecule has 0 bridgehead atoms. The van der Waals surface area contributed by atoms with Crippen molar-refractivity contribution in [2.75, 3.05) is 38.6 Å². The molecule has 3 aromatic carbocycles. The number of nitrogens with one attached hydrogen (secondary N) is 2. The Morgan fingerprint density at radius 1 is 0.854 bits per heavy atom. The first-order chi connectivity index (χ1) is 20.0. The van der Waals surface area contributed by atoms with E-state index in [4.69, 9.17) is 23.9 Å². The van der Waals surface area contributed by atoms with Gasteiger partial charge in [-0.3, -0.25) is 9.78 Å². The van der Waals surface area contributed by atoms with Crippen LogP contribution in [0.4, 0.5) is 17.1 Å². The lowest BCUT2D eigenvalue weighted by molar-refractivity contribution is -0.111. The van der Waals surface area contributed by atoms with Crippen molar-refractivity contribution >= 4 is 39.9 Å². The van der Waals surface area contributed by atoms with Crippen LogP contribution in [0.3, 0.4) is 0 Å². The first kappa shape index (κ1) is 27.8. The molecule has 1 aromatic heterocycles. The third kappa shape index (κ3) is 6.22. The fourth-order valence-corrected chi connectivity index (χ4v) is 5.12. The molecular weight excluding hydrogens is 518 g/mol. The third-order valence-electron chi connectivity index (χ3n) is 7.10. The number of rotatable bonds is 10. The Balaban J connectivity index is 1.43. The summed E-state index contributed by atoms with van der Waals surface area (Å²) in [7, 11) is 4.84. The Kier molecular flexibility index (Phi) is 8.58. The number of carbonyl (C=O) groups is 1. The van der Waals surface area contributed by atoms with Gasteiger partial charge in [-0.15, -0.1) is 0 Å². The summed E-state index contributed by atoms with van der Waals surface area (Å²) in [6.45, 7) is 2.47. The van der Waals surface area contributed by atoms with Crippen LogP contribution in [-0.4, -0.2) is 38.8 Å². The molecule has 5 rings (SSSR count). The molecule has 8 nitrogen and oxygen atoms in total. The lowest BCUT2D eigenvalue weighted by atomic mass is 9.92. The Morgan fingerprint density at radius 3 is 2.37 bits per heavy atom. The van der Waals surface area contributed by atoms with Gasteiger partial charge in [0.25, 0.3) is 0 Å². The van der Waals surface area contributed by atoms with Crippen LogP contribution in [-0.2, 0) is 17.6 Å². The van der Waals surface area contributed by atoms with Crippen molar-refractivity contribution in [3.63, 3.8) is 0 Å². The van der Waals surface area contributed by atoms with E-state index in [0.717, 1.165) is 59.2 Å². The number of anilines is 3. The molecule has 0 aliphatic heterocycles. The minimum absolute atomic E-state index is 0.238. The van der Waals surface area contributed by atoms with Gasteiger partial charge in [0.15, 0.2) is 23.0 Å². The second kappa shape index (κ2) is 12.6. The highest BCUT2D eigenvalue weighted by Gasteiger charge is 2.19. The van der Waals surface area contributed by atoms with Gasteiger partial charge in [0, 0.05) is 34.6 Å². The molecule has 1 aliphatic carbocycles. The molecule has 8 heteroatoms. The van der Waals surface area contributed by atoms with Crippen LogP contribution in [0.2, 0.25) is 0 Å². The van der Waals surface area contributed by atoms with Crippen LogP contribution in [0.15, 0.2) is 60.7 Å². The lowest BCUT2D eigenvalue weighted by Gasteiger charge is -2.22. The highest BCUT2D eigenvalue weighted by molar-refractivity contribution is 6.04. The number of nitrogens with zero attached hydrogens (tertiary/aromatic N) is 1. The minimum Gasteiger partial charge on any atom is -0.493 e. The van der Waals surface area contributed by atoms with E-state index in [-0.39, 0.29) is 5.91 Å². The second-order valence-corrected chi connectivity index (χ2v) is 9.71. The first-order valence-electron chi connectivity index (χ1n) is 13.8. The van der Waals surface area contributed by atoms with Crippen LogP contribution in [0.25, 0.3) is 17.0 Å². The number of ether oxygens (including phenoxy) is 4. The highest BCUT2D eigenvalue weighted by atomic mass is 16.5. The van der Waals surface area contributed by atoms with E-state index in [0.29, 0.717) is 35.3 Å². The Hall–Kier alpha value is -4.72. The minimum atomic E-state index is -0.238. The summed E-state index contributed by atoms with van der Waals surface area (Å²) in [5.41, 5.74) is 6.61. The molecule has 0 spiro atoms. The van der Waals surface area contributed by atoms with Gasteiger partial charge in [-0.25, -0.2) is 0 Å². The number of benzene rings is 3. The van der Waals surface area contributed by atoms with Gasteiger partial charge in [0.05, 0.1) is 39.1 Å². The van der Waals surface area contributed by atoms with Crippen LogP contribution in [0, 0.1) is 0 Å². The van der Waals surface area contributed by atoms with Gasteiger partial charge in [-0.1, -0.05) is 6.07 Å². The molecule has 1 amide bonds. The maximum absolute atomic E-state index is 12.9. The number of hydrogen-bond acceptors (Lipinski definition) is 7. The van der Waals surface area contributed by atoms with Gasteiger partial charge in [0.1, 0.15) is 0 Å². The van der Waals surface area contributed by atoms with Crippen molar-refractivity contribution in [3.05, 3.63) is 77.5 Å². The maximum atomic E-state index is 12.9. The maximum Gasteiger partial charge on any atom is 0.248 e. The number of methoxy groups -OCH3 is 3. The van der Waals surface area contributed by atoms with E-state index < -0.39 is 0 Å². The number of aromatic nitrogens is 1. The SMILES string of the molecule is CCOc1ccc(C=CC(=O)Nc2ccc3nc4c(c(Nc5ccc(OC)c(OC)c5)c3c2)CCCC4)cc1OC. The summed E-state index contributed by atoms with van der Waals surface area (Å²) in [4.78, 5) is 17.9. The first-order valence-corrected chi connectivity index (χ1v) is 13.8. The van der Waals surface area contributed by atoms with Gasteiger partial charge in [-0.05, 0) is 92.3 Å². The fraction of sp³-hybridized carbons (Fsp3) is 0.273. The van der Waals surface area contributed by atoms with Crippen molar-refractivity contribution < 1.29 is 23.7 Å². The molecule has 41 heavy (non-hydrogen) atoms. The smallest absolute Gasteiger partial charge is 0.248 e. The predicted molar refractivity (Wildman–Crippen MR) is 163 cm³/mol. The van der Waals surface area contributed by atoms with Crippen molar-refractivity contribution in [1.82, 2.24) is 4.98 Å². The molecule has 1 aliphatic rings. The van der Waals surface area contributed by atoms with Crippen LogP contribution >= 0.6 is 0 Å². The Labute approximate surface area is 240 Å². The van der Waals surface area contributed by atoms with Gasteiger partial charge in [-0.2, -0.15) is 0 Å². The molecule has 4 aromatic rings. The van der Waals surface area contributed by atoms with Crippen LogP contribution in [0.1, 0.15) is 36.6 Å². The number of pyridine rings is 1. The number of hydrogen-bond donors (Lipinski definition) is 2. The Morgan fingerprint density at radius 2 is 1.59 bits per heavy atom. The van der Waals surface area contributed by atoms with E-state index in [1.807, 2.05) is 61.5 Å². The van der Waals surface area contributed by atoms with Crippen molar-refractivity contribution in [1.29, 1.82) is 0 Å². The van der Waals surface area contributed by atoms with Crippen LogP contribution in [0.5, 0.6) is 23.0 Å². The zero-order valence-electron chi connectivity index (χ0n) is 23.9. The largest absolute Gasteiger partial charge is 0.493 e. The topological polar surface area (TPSA) is 90.9 Å². The van der Waals surface area contributed by atoms with Crippen molar-refractivity contribution in [2.45, 2.75) is 32.6 Å². The summed E-state index contributed by atoms with van der Waals surface area (Å²) < 4.78 is 21.9. The average Bonchev–Trinajstić information content (AvgIpc) is 3.00. The summed E-state index contributed by atoms with van der Waals surface area (Å²) in [5.74, 6) is 2.36. The predicted octanol–water partition coefficient (Wildman–Crippen LogP) is 6.93. The molecule has 0 radical (unpaired) electrons. The lowest BCUT2D eigenvalue weighted by Crippen LogP contribution is -2.11. The molecule has 0 atom stereocenters. The van der Waals surface area contributed by atoms with E-state index >= 15 is 0 Å². The monoisotopic (exact) mass is 553 g/mol. The molecule has 1 heterocycles. The third-order valence-corrected chi connectivity index (χ3v) is 7.10. The van der Waals surface area contributed by atoms with Crippen molar-refractivity contribution in [2.24, 2.45) is 0 Å². The normalized spacial score (nSPS) is 12.6. The van der Waals surface area contributed by atoms with E-state index in [2.05, 4.69) is 10.6 Å². The molecule has 0 saturated heterocycles. The molecule has 0 fully saturated rings. The number of aryl methyl sites for hydroxylation is 1. The summed E-state index contributed by atoms with van der Waals surface area (Å²) >= 11 is 0. The molecule has 0 unspecified atom stereocenters. The van der Waals surface area contributed by atoms with E-state index in [1.165, 1.54) is 11.6 Å². The summed E-state index contributed by atoms with van der Waals surface area (Å²) in [5, 5.41) is 7.57. The van der Waals surface area contributed by atoms with Gasteiger partial charge < -0.3 is 29.6 Å². The van der Waals surface area contributed by atoms with E-state index in [9.17, 15) is 4.79 Å². The Bertz CT molecular complexity index is 1600. The zero-order valence-corrected chi connectivity index (χ0v) is 23.9. The number of amides is 1. The van der Waals surface area contributed by atoms with Gasteiger partial charge in [0.2, 0.25) is 5.91 Å². The fourth-order valence-electron chi connectivity index (χ4n) is 5.12. The summed E-state index contributed by atoms with van der Waals surface area (Å²) in [6, 6.07) is 17.2. The zero-order chi connectivity index (χ0) is 28.8. The second-order valence-electron chi connectivity index (χ2n) is 9.71. The average molecular weight is 554 g/mol. The molecule has 0 saturated carbocycles.